The topological polar surface area (TPSA) is 98.3 Å². The second-order valence-corrected chi connectivity index (χ2v) is 6.47. The number of benzene rings is 1. The predicted molar refractivity (Wildman–Crippen MR) is 77.5 cm³/mol. The number of aromatic nitrogens is 1. The first-order valence-corrected chi connectivity index (χ1v) is 8.09. The van der Waals surface area contributed by atoms with Crippen molar-refractivity contribution >= 4 is 27.6 Å². The highest BCUT2D eigenvalue weighted by Crippen LogP contribution is 2.24. The molecule has 112 valence electrons. The van der Waals surface area contributed by atoms with Gasteiger partial charge >= 0.3 is 0 Å². The molecule has 0 aliphatic carbocycles. The van der Waals surface area contributed by atoms with E-state index in [2.05, 4.69) is 10.3 Å². The summed E-state index contributed by atoms with van der Waals surface area (Å²) in [7, 11) is -1.31. The summed E-state index contributed by atoms with van der Waals surface area (Å²) in [5.74, 6) is 0.924. The molecule has 1 N–H and O–H groups in total. The number of non-ortho nitro benzene ring substituents is 1. The summed E-state index contributed by atoms with van der Waals surface area (Å²) < 4.78 is 17.8. The third kappa shape index (κ3) is 3.11. The van der Waals surface area contributed by atoms with E-state index in [9.17, 15) is 14.3 Å². The highest BCUT2D eigenvalue weighted by Gasteiger charge is 2.21. The molecule has 1 saturated heterocycles. The van der Waals surface area contributed by atoms with Crippen LogP contribution in [0.15, 0.2) is 27.8 Å². The first-order chi connectivity index (χ1) is 10.1. The van der Waals surface area contributed by atoms with Crippen molar-refractivity contribution in [3.63, 3.8) is 0 Å². The van der Waals surface area contributed by atoms with Crippen molar-refractivity contribution in [1.29, 1.82) is 0 Å². The van der Waals surface area contributed by atoms with E-state index < -0.39 is 15.7 Å². The molecule has 1 fully saturated rings. The molecule has 2 aromatic rings. The van der Waals surface area contributed by atoms with Gasteiger partial charge in [0.15, 0.2) is 5.58 Å². The fourth-order valence-corrected chi connectivity index (χ4v) is 3.73. The second-order valence-electron chi connectivity index (χ2n) is 5.09. The van der Waals surface area contributed by atoms with Crippen molar-refractivity contribution in [3.05, 3.63) is 28.3 Å². The lowest BCUT2D eigenvalue weighted by molar-refractivity contribution is -0.384. The van der Waals surface area contributed by atoms with E-state index in [0.29, 0.717) is 22.8 Å². The molecule has 0 bridgehead atoms. The quantitative estimate of drug-likeness (QED) is 0.683. The second kappa shape index (κ2) is 5.90. The number of rotatable bonds is 4. The van der Waals surface area contributed by atoms with E-state index in [1.54, 1.807) is 0 Å². The minimum atomic E-state index is -1.31. The lowest BCUT2D eigenvalue weighted by Crippen LogP contribution is -2.30. The van der Waals surface area contributed by atoms with Crippen LogP contribution in [0, 0.1) is 16.0 Å². The molecular formula is C13H15N3O4S. The molecule has 0 radical (unpaired) electrons. The molecule has 8 heteroatoms. The van der Waals surface area contributed by atoms with Gasteiger partial charge in [-0.25, -0.2) is 9.19 Å². The third-order valence-electron chi connectivity index (χ3n) is 3.60. The van der Waals surface area contributed by atoms with Crippen molar-refractivity contribution in [2.24, 2.45) is 5.92 Å². The zero-order valence-corrected chi connectivity index (χ0v) is 12.1. The van der Waals surface area contributed by atoms with Gasteiger partial charge in [-0.1, -0.05) is 0 Å². The monoisotopic (exact) mass is 309 g/mol. The molecule has 1 aliphatic heterocycles. The Morgan fingerprint density at radius 2 is 2.19 bits per heavy atom. The summed E-state index contributed by atoms with van der Waals surface area (Å²) >= 11 is 0. The highest BCUT2D eigenvalue weighted by atomic mass is 32.2. The van der Waals surface area contributed by atoms with Gasteiger partial charge in [0, 0.05) is 17.9 Å². The Kier molecular flexibility index (Phi) is 3.98. The minimum Gasteiger partial charge on any atom is -0.430 e. The average molecular weight is 309 g/mol. The van der Waals surface area contributed by atoms with Gasteiger partial charge in [0.05, 0.1) is 4.92 Å². The van der Waals surface area contributed by atoms with E-state index in [-0.39, 0.29) is 10.9 Å². The Balaban J connectivity index is 1.79. The van der Waals surface area contributed by atoms with E-state index in [4.69, 9.17) is 4.42 Å². The van der Waals surface area contributed by atoms with Crippen molar-refractivity contribution in [2.45, 2.75) is 18.1 Å². The molecule has 0 unspecified atom stereocenters. The number of nitrogens with one attached hydrogen (secondary N) is 1. The zero-order chi connectivity index (χ0) is 14.8. The van der Waals surface area contributed by atoms with Gasteiger partial charge < -0.3 is 9.73 Å². The van der Waals surface area contributed by atoms with E-state index in [1.165, 1.54) is 18.2 Å². The average Bonchev–Trinajstić information content (AvgIpc) is 2.91. The number of hydrogen-bond donors (Lipinski definition) is 1. The molecule has 7 nitrogen and oxygen atoms in total. The number of hydrogen-bond acceptors (Lipinski definition) is 6. The van der Waals surface area contributed by atoms with Crippen molar-refractivity contribution in [3.8, 4) is 0 Å². The standard InChI is InChI=1S/C13H15N3O4S/c17-16(18)10-1-2-12-11(7-10)15-13(20-12)21(19)8-9-3-5-14-6-4-9/h1-2,7,9,14H,3-6,8H2/t21-/m1/s1. The molecule has 0 amide bonds. The Morgan fingerprint density at radius 3 is 2.90 bits per heavy atom. The van der Waals surface area contributed by atoms with Crippen LogP contribution in [0.3, 0.4) is 0 Å². The molecule has 1 aromatic heterocycles. The number of nitro benzene ring substituents is 1. The summed E-state index contributed by atoms with van der Waals surface area (Å²) in [4.78, 5) is 14.4. The van der Waals surface area contributed by atoms with Crippen LogP contribution in [0.25, 0.3) is 11.1 Å². The molecule has 0 spiro atoms. The van der Waals surface area contributed by atoms with E-state index in [1.807, 2.05) is 0 Å². The maximum Gasteiger partial charge on any atom is 0.287 e. The Labute approximate surface area is 123 Å². The van der Waals surface area contributed by atoms with E-state index >= 15 is 0 Å². The number of fused-ring (bicyclic) bond motifs is 1. The largest absolute Gasteiger partial charge is 0.430 e. The molecule has 0 saturated carbocycles. The first kappa shape index (κ1) is 14.2. The lowest BCUT2D eigenvalue weighted by Gasteiger charge is -2.21. The Hall–Kier alpha value is -1.80. The smallest absolute Gasteiger partial charge is 0.287 e. The highest BCUT2D eigenvalue weighted by molar-refractivity contribution is 7.84. The fraction of sp³-hybridized carbons (Fsp3) is 0.462. The molecule has 3 rings (SSSR count). The molecule has 1 atom stereocenters. The molecular weight excluding hydrogens is 294 g/mol. The number of oxazole rings is 1. The molecule has 1 aromatic carbocycles. The van der Waals surface area contributed by atoms with Crippen LogP contribution in [-0.4, -0.2) is 33.0 Å². The van der Waals surface area contributed by atoms with Gasteiger partial charge in [-0.2, -0.15) is 0 Å². The SMILES string of the molecule is O=[N+]([O-])c1ccc2oc([S@](=O)CC3CCNCC3)nc2c1. The Bertz CT molecular complexity index is 694. The number of nitro groups is 1. The van der Waals surface area contributed by atoms with Crippen LogP contribution in [0.5, 0.6) is 0 Å². The molecule has 21 heavy (non-hydrogen) atoms. The molecule has 2 heterocycles. The van der Waals surface area contributed by atoms with E-state index in [0.717, 1.165) is 25.9 Å². The minimum absolute atomic E-state index is 0.0495. The Morgan fingerprint density at radius 1 is 1.43 bits per heavy atom. The summed E-state index contributed by atoms with van der Waals surface area (Å²) in [6.45, 7) is 1.89. The van der Waals surface area contributed by atoms with Gasteiger partial charge in [0.25, 0.3) is 10.9 Å². The summed E-state index contributed by atoms with van der Waals surface area (Å²) in [6.07, 6.45) is 1.99. The van der Waals surface area contributed by atoms with Crippen molar-refractivity contribution in [2.75, 3.05) is 18.8 Å². The number of piperidine rings is 1. The van der Waals surface area contributed by atoms with Gasteiger partial charge in [-0.05, 0) is 37.9 Å². The zero-order valence-electron chi connectivity index (χ0n) is 11.3. The van der Waals surface area contributed by atoms with Crippen LogP contribution in [-0.2, 0) is 10.8 Å². The van der Waals surface area contributed by atoms with Gasteiger partial charge in [0.2, 0.25) is 0 Å². The maximum atomic E-state index is 12.3. The van der Waals surface area contributed by atoms with Gasteiger partial charge in [-0.15, -0.1) is 0 Å². The van der Waals surface area contributed by atoms with Gasteiger partial charge in [0.1, 0.15) is 16.3 Å². The first-order valence-electron chi connectivity index (χ1n) is 6.77. The lowest BCUT2D eigenvalue weighted by atomic mass is 10.0. The van der Waals surface area contributed by atoms with Gasteiger partial charge in [-0.3, -0.25) is 10.1 Å². The van der Waals surface area contributed by atoms with Crippen LogP contribution >= 0.6 is 0 Å². The van der Waals surface area contributed by atoms with Crippen LogP contribution in [0.1, 0.15) is 12.8 Å². The summed E-state index contributed by atoms with van der Waals surface area (Å²) in [6, 6.07) is 4.18. The predicted octanol–water partition coefficient (Wildman–Crippen LogP) is 1.84. The van der Waals surface area contributed by atoms with Crippen molar-refractivity contribution in [1.82, 2.24) is 10.3 Å². The summed E-state index contributed by atoms with van der Waals surface area (Å²) in [5, 5.41) is 14.1. The van der Waals surface area contributed by atoms with Crippen LogP contribution < -0.4 is 5.32 Å². The van der Waals surface area contributed by atoms with Crippen LogP contribution in [0.2, 0.25) is 0 Å². The van der Waals surface area contributed by atoms with Crippen molar-refractivity contribution < 1.29 is 13.5 Å². The molecule has 1 aliphatic rings. The third-order valence-corrected chi connectivity index (χ3v) is 4.94. The van der Waals surface area contributed by atoms with Crippen LogP contribution in [0.4, 0.5) is 5.69 Å². The summed E-state index contributed by atoms with van der Waals surface area (Å²) in [5.41, 5.74) is 0.749. The number of nitrogens with zero attached hydrogens (tertiary/aromatic N) is 2. The maximum absolute atomic E-state index is 12.3. The fourth-order valence-electron chi connectivity index (χ4n) is 2.44. The normalized spacial score (nSPS) is 17.9.